The van der Waals surface area contributed by atoms with Crippen LogP contribution < -0.4 is 16.0 Å². The fraction of sp³-hybridized carbons (Fsp3) is 0.440. The lowest BCUT2D eigenvalue weighted by molar-refractivity contribution is -0.138. The van der Waals surface area contributed by atoms with Gasteiger partial charge in [0.25, 0.3) is 0 Å². The molecule has 36 heavy (non-hydrogen) atoms. The number of carbonyl (C=O) groups is 1. The van der Waals surface area contributed by atoms with E-state index in [1.807, 2.05) is 44.9 Å². The number of likely N-dealkylation sites (N-methyl/N-ethyl adjacent to an activating group) is 1. The van der Waals surface area contributed by atoms with Crippen LogP contribution in [-0.4, -0.2) is 56.6 Å². The van der Waals surface area contributed by atoms with Crippen LogP contribution in [0, 0.1) is 17.4 Å². The lowest BCUT2D eigenvalue weighted by atomic mass is 9.87. The number of likely N-dealkylation sites (tertiary alicyclic amines) is 1. The number of carbonyl (C=O) groups excluding carboxylic acids is 1. The molecule has 0 aliphatic carbocycles. The highest BCUT2D eigenvalue weighted by Crippen LogP contribution is 2.37. The normalized spacial score (nSPS) is 14.7. The Kier molecular flexibility index (Phi) is 8.06. The highest BCUT2D eigenvalue weighted by Gasteiger charge is 2.33. The van der Waals surface area contributed by atoms with E-state index in [0.29, 0.717) is 28.5 Å². The predicted octanol–water partition coefficient (Wildman–Crippen LogP) is 5.27. The van der Waals surface area contributed by atoms with E-state index in [0.717, 1.165) is 52.0 Å². The van der Waals surface area contributed by atoms with E-state index in [4.69, 9.17) is 11.6 Å². The smallest absolute Gasteiger partial charge is 0.242 e. The Morgan fingerprint density at radius 3 is 2.56 bits per heavy atom. The van der Waals surface area contributed by atoms with Crippen molar-refractivity contribution in [3.8, 4) is 0 Å². The number of piperidine rings is 1. The predicted molar refractivity (Wildman–Crippen MR) is 153 cm³/mol. The molecule has 1 amide bonds. The van der Waals surface area contributed by atoms with Gasteiger partial charge in [0.15, 0.2) is 11.6 Å². The molecule has 4 N–H and O–H groups in total. The van der Waals surface area contributed by atoms with E-state index in [9.17, 15) is 4.79 Å². The van der Waals surface area contributed by atoms with Crippen molar-refractivity contribution in [3.63, 3.8) is 0 Å². The lowest BCUT2D eigenvalue weighted by Crippen LogP contribution is -2.54. The fourth-order valence-electron chi connectivity index (χ4n) is 4.29. The molecule has 2 aromatic heterocycles. The Balaban J connectivity index is 1.46. The molecule has 1 aliphatic heterocycles. The number of amides is 1. The SMILES string of the molecule is CNC(C)(C)C(=O)N1CCC(c2cc(C)c(Nc3ncc(I)c(Nc4cc(C)[nH]n4)n3)cc2Cl)CC1. The van der Waals surface area contributed by atoms with Gasteiger partial charge in [-0.1, -0.05) is 17.7 Å². The summed E-state index contributed by atoms with van der Waals surface area (Å²) in [7, 11) is 1.82. The zero-order valence-corrected chi connectivity index (χ0v) is 24.1. The number of nitrogens with one attached hydrogen (secondary N) is 4. The number of nitrogens with zero attached hydrogens (tertiary/aromatic N) is 4. The Hall–Kier alpha value is -2.44. The first-order chi connectivity index (χ1) is 17.1. The van der Waals surface area contributed by atoms with Crippen molar-refractivity contribution in [2.24, 2.45) is 0 Å². The zero-order valence-electron chi connectivity index (χ0n) is 21.2. The van der Waals surface area contributed by atoms with Crippen molar-refractivity contribution < 1.29 is 4.79 Å². The highest BCUT2D eigenvalue weighted by molar-refractivity contribution is 14.1. The maximum Gasteiger partial charge on any atom is 0.242 e. The Morgan fingerprint density at radius 2 is 1.92 bits per heavy atom. The second-order valence-electron chi connectivity index (χ2n) is 9.71. The van der Waals surface area contributed by atoms with Crippen LogP contribution in [0.3, 0.4) is 0 Å². The summed E-state index contributed by atoms with van der Waals surface area (Å²) in [6, 6.07) is 6.00. The van der Waals surface area contributed by atoms with E-state index in [1.165, 1.54) is 0 Å². The minimum atomic E-state index is -0.557. The van der Waals surface area contributed by atoms with Crippen molar-refractivity contribution >= 4 is 63.4 Å². The molecule has 9 nitrogen and oxygen atoms in total. The number of H-pyrrole nitrogens is 1. The Morgan fingerprint density at radius 1 is 1.19 bits per heavy atom. The summed E-state index contributed by atoms with van der Waals surface area (Å²) in [6.07, 6.45) is 3.53. The highest BCUT2D eigenvalue weighted by atomic mass is 127. The number of aryl methyl sites for hydroxylation is 2. The molecule has 1 fully saturated rings. The molecule has 0 saturated carbocycles. The van der Waals surface area contributed by atoms with Crippen LogP contribution in [0.1, 0.15) is 49.4 Å². The molecular weight excluding hydrogens is 591 g/mol. The standard InChI is InChI=1S/C25H32ClIN8O/c1-14-10-17(16-6-8-35(9-7-16)23(36)25(3,4)28-5)18(26)12-20(14)30-24-29-13-19(27)22(32-24)31-21-11-15(2)33-34-21/h10-13,16,28H,6-9H2,1-5H3,(H3,29,30,31,32,33,34). The quantitative estimate of drug-likeness (QED) is 0.266. The molecule has 3 aromatic rings. The zero-order chi connectivity index (χ0) is 26.0. The summed E-state index contributed by atoms with van der Waals surface area (Å²) in [5.41, 5.74) is 3.45. The maximum atomic E-state index is 12.8. The van der Waals surface area contributed by atoms with Gasteiger partial charge in [-0.2, -0.15) is 10.1 Å². The van der Waals surface area contributed by atoms with Crippen LogP contribution in [-0.2, 0) is 4.79 Å². The summed E-state index contributed by atoms with van der Waals surface area (Å²) in [4.78, 5) is 23.8. The summed E-state index contributed by atoms with van der Waals surface area (Å²) in [5, 5.41) is 17.5. The molecule has 0 radical (unpaired) electrons. The molecular formula is C25H32ClIN8O. The molecule has 1 saturated heterocycles. The van der Waals surface area contributed by atoms with Crippen molar-refractivity contribution in [1.29, 1.82) is 0 Å². The van der Waals surface area contributed by atoms with Gasteiger partial charge >= 0.3 is 0 Å². The van der Waals surface area contributed by atoms with Gasteiger partial charge < -0.3 is 20.9 Å². The van der Waals surface area contributed by atoms with Gasteiger partial charge in [0, 0.05) is 41.8 Å². The van der Waals surface area contributed by atoms with E-state index in [-0.39, 0.29) is 5.91 Å². The molecule has 1 aromatic carbocycles. The summed E-state index contributed by atoms with van der Waals surface area (Å²) >= 11 is 8.96. The Labute approximate surface area is 230 Å². The molecule has 0 atom stereocenters. The number of benzene rings is 1. The maximum absolute atomic E-state index is 12.8. The average molecular weight is 623 g/mol. The number of halogens is 2. The van der Waals surface area contributed by atoms with E-state index < -0.39 is 5.54 Å². The fourth-order valence-corrected chi connectivity index (χ4v) is 5.00. The van der Waals surface area contributed by atoms with Crippen LogP contribution >= 0.6 is 34.2 Å². The largest absolute Gasteiger partial charge is 0.341 e. The molecule has 0 unspecified atom stereocenters. The number of aromatic nitrogens is 4. The van der Waals surface area contributed by atoms with Gasteiger partial charge in [-0.15, -0.1) is 0 Å². The molecule has 4 rings (SSSR count). The molecule has 1 aliphatic rings. The topological polar surface area (TPSA) is 111 Å². The van der Waals surface area contributed by atoms with Crippen molar-refractivity contribution in [1.82, 2.24) is 30.4 Å². The molecule has 3 heterocycles. The summed E-state index contributed by atoms with van der Waals surface area (Å²) < 4.78 is 0.881. The third kappa shape index (κ3) is 5.92. The minimum Gasteiger partial charge on any atom is -0.341 e. The van der Waals surface area contributed by atoms with Crippen molar-refractivity contribution in [3.05, 3.63) is 49.8 Å². The summed E-state index contributed by atoms with van der Waals surface area (Å²) in [5.74, 6) is 2.29. The number of hydrogen-bond donors (Lipinski definition) is 4. The minimum absolute atomic E-state index is 0.138. The third-order valence-electron chi connectivity index (χ3n) is 6.67. The number of aromatic amines is 1. The van der Waals surface area contributed by atoms with E-state index >= 15 is 0 Å². The monoisotopic (exact) mass is 622 g/mol. The first kappa shape index (κ1) is 26.6. The van der Waals surface area contributed by atoms with Gasteiger partial charge in [0.05, 0.1) is 9.11 Å². The number of anilines is 4. The average Bonchev–Trinajstić information content (AvgIpc) is 3.27. The van der Waals surface area contributed by atoms with Crippen molar-refractivity contribution in [2.75, 3.05) is 30.8 Å². The third-order valence-corrected chi connectivity index (χ3v) is 7.79. The van der Waals surface area contributed by atoms with E-state index in [2.05, 4.69) is 71.7 Å². The van der Waals surface area contributed by atoms with E-state index in [1.54, 1.807) is 6.20 Å². The first-order valence-electron chi connectivity index (χ1n) is 11.9. The van der Waals surface area contributed by atoms with Crippen LogP contribution in [0.25, 0.3) is 0 Å². The molecule has 0 bridgehead atoms. The number of rotatable bonds is 7. The molecule has 11 heteroatoms. The van der Waals surface area contributed by atoms with Gasteiger partial charge in [0.2, 0.25) is 11.9 Å². The Bertz CT molecular complexity index is 1250. The molecule has 0 spiro atoms. The van der Waals surface area contributed by atoms with Gasteiger partial charge in [-0.05, 0) is 93.3 Å². The second kappa shape index (κ2) is 10.9. The van der Waals surface area contributed by atoms with Crippen LogP contribution in [0.2, 0.25) is 5.02 Å². The van der Waals surface area contributed by atoms with Gasteiger partial charge in [0.1, 0.15) is 0 Å². The van der Waals surface area contributed by atoms with Gasteiger partial charge in [-0.3, -0.25) is 9.89 Å². The van der Waals surface area contributed by atoms with Crippen LogP contribution in [0.4, 0.5) is 23.3 Å². The second-order valence-corrected chi connectivity index (χ2v) is 11.3. The molecule has 192 valence electrons. The summed E-state index contributed by atoms with van der Waals surface area (Å²) in [6.45, 7) is 9.29. The lowest BCUT2D eigenvalue weighted by Gasteiger charge is -2.37. The van der Waals surface area contributed by atoms with Crippen LogP contribution in [0.5, 0.6) is 0 Å². The van der Waals surface area contributed by atoms with Crippen molar-refractivity contribution in [2.45, 2.75) is 52.0 Å². The number of hydrogen-bond acceptors (Lipinski definition) is 7. The van der Waals surface area contributed by atoms with Crippen LogP contribution in [0.15, 0.2) is 24.4 Å². The van der Waals surface area contributed by atoms with Gasteiger partial charge in [-0.25, -0.2) is 4.98 Å². The first-order valence-corrected chi connectivity index (χ1v) is 13.4.